The molecule has 0 saturated heterocycles. The van der Waals surface area contributed by atoms with Crippen molar-refractivity contribution < 1.29 is 4.42 Å². The van der Waals surface area contributed by atoms with Crippen molar-refractivity contribution in [2.24, 2.45) is 0 Å². The number of nitrogens with zero attached hydrogens (tertiary/aromatic N) is 1. The number of benzene rings is 3. The number of aromatic nitrogens is 1. The molecule has 0 saturated carbocycles. The van der Waals surface area contributed by atoms with Crippen LogP contribution in [0.5, 0.6) is 0 Å². The van der Waals surface area contributed by atoms with Gasteiger partial charge in [-0.05, 0) is 33.9 Å². The second kappa shape index (κ2) is 4.95. The summed E-state index contributed by atoms with van der Waals surface area (Å²) < 4.78 is 6.09. The van der Waals surface area contributed by atoms with Crippen LogP contribution in [0.2, 0.25) is 0 Å². The maximum absolute atomic E-state index is 6.09. The molecule has 0 N–H and O–H groups in total. The molecule has 0 aliphatic rings. The van der Waals surface area contributed by atoms with Gasteiger partial charge in [0.2, 0.25) is 5.89 Å². The number of para-hydroxylation sites is 1. The standard InChI is InChI=1S/C21H19NO/c1-21(2,3)17-12-7-13-18-19(17)22-20(23-18)16-11-6-9-14-8-4-5-10-15(14)16/h4-13H,1-3H3. The van der Waals surface area contributed by atoms with E-state index in [1.165, 1.54) is 16.3 Å². The van der Waals surface area contributed by atoms with E-state index >= 15 is 0 Å². The minimum atomic E-state index is 0.0341. The van der Waals surface area contributed by atoms with Crippen molar-refractivity contribution in [3.63, 3.8) is 0 Å². The molecule has 0 radical (unpaired) electrons. The van der Waals surface area contributed by atoms with Crippen LogP contribution < -0.4 is 0 Å². The van der Waals surface area contributed by atoms with Crippen molar-refractivity contribution in [1.82, 2.24) is 4.98 Å². The fraction of sp³-hybridized carbons (Fsp3) is 0.190. The SMILES string of the molecule is CC(C)(C)c1cccc2oc(-c3cccc4ccccc34)nc12. The third-order valence-corrected chi connectivity index (χ3v) is 4.25. The predicted octanol–water partition coefficient (Wildman–Crippen LogP) is 5.95. The van der Waals surface area contributed by atoms with E-state index < -0.39 is 0 Å². The molecule has 2 nitrogen and oxygen atoms in total. The van der Waals surface area contributed by atoms with E-state index in [1.807, 2.05) is 12.1 Å². The Bertz CT molecular complexity index is 1000. The Morgan fingerprint density at radius 3 is 2.39 bits per heavy atom. The number of hydrogen-bond acceptors (Lipinski definition) is 2. The summed E-state index contributed by atoms with van der Waals surface area (Å²) in [5.41, 5.74) is 4.10. The van der Waals surface area contributed by atoms with E-state index in [1.54, 1.807) is 0 Å². The summed E-state index contributed by atoms with van der Waals surface area (Å²) in [4.78, 5) is 4.83. The molecule has 4 rings (SSSR count). The average Bonchev–Trinajstić information content (AvgIpc) is 2.97. The maximum atomic E-state index is 6.09. The zero-order valence-corrected chi connectivity index (χ0v) is 13.6. The van der Waals surface area contributed by atoms with Crippen LogP contribution >= 0.6 is 0 Å². The molecule has 3 aromatic carbocycles. The second-order valence-corrected chi connectivity index (χ2v) is 6.95. The highest BCUT2D eigenvalue weighted by molar-refractivity contribution is 5.96. The number of oxazole rings is 1. The van der Waals surface area contributed by atoms with Crippen molar-refractivity contribution in [2.75, 3.05) is 0 Å². The maximum Gasteiger partial charge on any atom is 0.227 e. The quantitative estimate of drug-likeness (QED) is 0.434. The molecule has 4 aromatic rings. The van der Waals surface area contributed by atoms with Crippen LogP contribution in [0.4, 0.5) is 0 Å². The molecule has 0 fully saturated rings. The monoisotopic (exact) mass is 301 g/mol. The van der Waals surface area contributed by atoms with Gasteiger partial charge in [0, 0.05) is 5.56 Å². The van der Waals surface area contributed by atoms with Gasteiger partial charge in [0.1, 0.15) is 5.52 Å². The van der Waals surface area contributed by atoms with Crippen LogP contribution in [0, 0.1) is 0 Å². The smallest absolute Gasteiger partial charge is 0.227 e. The van der Waals surface area contributed by atoms with Gasteiger partial charge in [-0.2, -0.15) is 0 Å². The molecule has 0 unspecified atom stereocenters. The molecule has 0 aliphatic heterocycles. The predicted molar refractivity (Wildman–Crippen MR) is 95.7 cm³/mol. The lowest BCUT2D eigenvalue weighted by atomic mass is 9.86. The van der Waals surface area contributed by atoms with E-state index in [0.717, 1.165) is 16.7 Å². The highest BCUT2D eigenvalue weighted by atomic mass is 16.3. The highest BCUT2D eigenvalue weighted by Gasteiger charge is 2.20. The van der Waals surface area contributed by atoms with Crippen LogP contribution in [0.15, 0.2) is 65.1 Å². The molecular weight excluding hydrogens is 282 g/mol. The van der Waals surface area contributed by atoms with E-state index in [-0.39, 0.29) is 5.41 Å². The first-order valence-electron chi connectivity index (χ1n) is 7.92. The topological polar surface area (TPSA) is 26.0 Å². The van der Waals surface area contributed by atoms with Crippen LogP contribution in [-0.4, -0.2) is 4.98 Å². The van der Waals surface area contributed by atoms with E-state index in [4.69, 9.17) is 9.40 Å². The Labute approximate surface area is 135 Å². The minimum Gasteiger partial charge on any atom is -0.436 e. The zero-order valence-electron chi connectivity index (χ0n) is 13.6. The number of rotatable bonds is 1. The van der Waals surface area contributed by atoms with Gasteiger partial charge in [-0.25, -0.2) is 4.98 Å². The van der Waals surface area contributed by atoms with Crippen molar-refractivity contribution in [2.45, 2.75) is 26.2 Å². The summed E-state index contributed by atoms with van der Waals surface area (Å²) in [7, 11) is 0. The molecule has 0 spiro atoms. The lowest BCUT2D eigenvalue weighted by Gasteiger charge is -2.18. The van der Waals surface area contributed by atoms with Crippen molar-refractivity contribution in [3.05, 3.63) is 66.2 Å². The lowest BCUT2D eigenvalue weighted by Crippen LogP contribution is -2.11. The molecule has 114 valence electrons. The third-order valence-electron chi connectivity index (χ3n) is 4.25. The van der Waals surface area contributed by atoms with Gasteiger partial charge in [0.25, 0.3) is 0 Å². The third kappa shape index (κ3) is 2.31. The lowest BCUT2D eigenvalue weighted by molar-refractivity contribution is 0.593. The van der Waals surface area contributed by atoms with Crippen LogP contribution in [-0.2, 0) is 5.41 Å². The summed E-state index contributed by atoms with van der Waals surface area (Å²) in [5.74, 6) is 0.688. The molecule has 2 heteroatoms. The first-order chi connectivity index (χ1) is 11.0. The number of hydrogen-bond donors (Lipinski definition) is 0. The summed E-state index contributed by atoms with van der Waals surface area (Å²) >= 11 is 0. The summed E-state index contributed by atoms with van der Waals surface area (Å²) in [6.45, 7) is 6.61. The summed E-state index contributed by atoms with van der Waals surface area (Å²) in [5, 5.41) is 2.36. The van der Waals surface area contributed by atoms with Gasteiger partial charge in [0.15, 0.2) is 5.58 Å². The van der Waals surface area contributed by atoms with Gasteiger partial charge in [-0.15, -0.1) is 0 Å². The van der Waals surface area contributed by atoms with E-state index in [9.17, 15) is 0 Å². The molecule has 0 aliphatic carbocycles. The molecule has 0 bridgehead atoms. The van der Waals surface area contributed by atoms with Gasteiger partial charge in [-0.1, -0.05) is 69.3 Å². The van der Waals surface area contributed by atoms with Crippen LogP contribution in [0.3, 0.4) is 0 Å². The van der Waals surface area contributed by atoms with Gasteiger partial charge in [-0.3, -0.25) is 0 Å². The minimum absolute atomic E-state index is 0.0341. The summed E-state index contributed by atoms with van der Waals surface area (Å²) in [6.07, 6.45) is 0. The molecular formula is C21H19NO. The van der Waals surface area contributed by atoms with Gasteiger partial charge >= 0.3 is 0 Å². The van der Waals surface area contributed by atoms with Gasteiger partial charge in [0.05, 0.1) is 0 Å². The zero-order chi connectivity index (χ0) is 16.0. The normalized spacial score (nSPS) is 12.1. The Hall–Kier alpha value is -2.61. The van der Waals surface area contributed by atoms with Crippen LogP contribution in [0.1, 0.15) is 26.3 Å². The molecule has 0 amide bonds. The second-order valence-electron chi connectivity index (χ2n) is 6.95. The van der Waals surface area contributed by atoms with Crippen molar-refractivity contribution >= 4 is 21.9 Å². The Balaban J connectivity index is 2.00. The average molecular weight is 301 g/mol. The first kappa shape index (κ1) is 14.0. The Morgan fingerprint density at radius 1 is 0.826 bits per heavy atom. The van der Waals surface area contributed by atoms with Crippen molar-refractivity contribution in [1.29, 1.82) is 0 Å². The fourth-order valence-corrected chi connectivity index (χ4v) is 3.08. The van der Waals surface area contributed by atoms with Crippen LogP contribution in [0.25, 0.3) is 33.3 Å². The number of fused-ring (bicyclic) bond motifs is 2. The highest BCUT2D eigenvalue weighted by Crippen LogP contribution is 2.34. The van der Waals surface area contributed by atoms with E-state index in [0.29, 0.717) is 5.89 Å². The summed E-state index contributed by atoms with van der Waals surface area (Å²) in [6, 6.07) is 20.7. The van der Waals surface area contributed by atoms with E-state index in [2.05, 4.69) is 69.3 Å². The fourth-order valence-electron chi connectivity index (χ4n) is 3.08. The Morgan fingerprint density at radius 2 is 1.57 bits per heavy atom. The molecule has 1 heterocycles. The Kier molecular flexibility index (Phi) is 3.02. The molecule has 0 atom stereocenters. The van der Waals surface area contributed by atoms with Gasteiger partial charge < -0.3 is 4.42 Å². The van der Waals surface area contributed by atoms with Crippen molar-refractivity contribution in [3.8, 4) is 11.5 Å². The molecule has 23 heavy (non-hydrogen) atoms. The first-order valence-corrected chi connectivity index (χ1v) is 7.92. The largest absolute Gasteiger partial charge is 0.436 e. The molecule has 1 aromatic heterocycles.